The van der Waals surface area contributed by atoms with Gasteiger partial charge in [0, 0.05) is 0 Å². The lowest BCUT2D eigenvalue weighted by Crippen LogP contribution is -2.31. The Labute approximate surface area is 81.2 Å². The van der Waals surface area contributed by atoms with Gasteiger partial charge in [-0.1, -0.05) is 45.6 Å². The second-order valence-electron chi connectivity index (χ2n) is 5.07. The van der Waals surface area contributed by atoms with Crippen LogP contribution in [-0.2, 0) is 0 Å². The predicted molar refractivity (Wildman–Crippen MR) is 56.5 cm³/mol. The molecule has 0 aromatic heterocycles. The summed E-state index contributed by atoms with van der Waals surface area (Å²) < 4.78 is 0. The van der Waals surface area contributed by atoms with Crippen LogP contribution in [0.1, 0.15) is 33.6 Å². The molecule has 74 valence electrons. The third-order valence-corrected chi connectivity index (χ3v) is 2.94. The second-order valence-corrected chi connectivity index (χ2v) is 5.07. The Morgan fingerprint density at radius 2 is 2.15 bits per heavy atom. The van der Waals surface area contributed by atoms with Gasteiger partial charge in [0.05, 0.1) is 0 Å². The van der Waals surface area contributed by atoms with Crippen LogP contribution in [0.2, 0.25) is 0 Å². The van der Waals surface area contributed by atoms with Gasteiger partial charge in [0.2, 0.25) is 0 Å². The molecule has 1 nitrogen and oxygen atoms in total. The van der Waals surface area contributed by atoms with Gasteiger partial charge < -0.3 is 5.11 Å². The fourth-order valence-corrected chi connectivity index (χ4v) is 1.74. The van der Waals surface area contributed by atoms with Gasteiger partial charge in [-0.05, 0) is 24.2 Å². The van der Waals surface area contributed by atoms with E-state index >= 15 is 0 Å². The summed E-state index contributed by atoms with van der Waals surface area (Å²) in [5.41, 5.74) is -0.444. The zero-order valence-electron chi connectivity index (χ0n) is 8.88. The summed E-state index contributed by atoms with van der Waals surface area (Å²) in [4.78, 5) is 0. The Hall–Kier alpha value is -0.560. The summed E-state index contributed by atoms with van der Waals surface area (Å²) in [7, 11) is 0. The molecule has 0 fully saturated rings. The summed E-state index contributed by atoms with van der Waals surface area (Å²) >= 11 is 0. The van der Waals surface area contributed by atoms with Crippen molar-refractivity contribution in [3.63, 3.8) is 0 Å². The van der Waals surface area contributed by atoms with E-state index in [2.05, 4.69) is 33.4 Å². The Bertz CT molecular complexity index is 222. The molecular formula is C12H20O. The molecule has 1 rings (SSSR count). The monoisotopic (exact) mass is 180 g/mol. The fraction of sp³-hybridized carbons (Fsp3) is 0.667. The van der Waals surface area contributed by atoms with Gasteiger partial charge in [-0.25, -0.2) is 0 Å². The summed E-state index contributed by atoms with van der Waals surface area (Å²) in [5.74, 6) is 0.577. The maximum absolute atomic E-state index is 9.86. The SMILES string of the molecule is C=CC1(O)C=CC(C(C)(C)C)CC1. The molecule has 0 aromatic rings. The van der Waals surface area contributed by atoms with Crippen LogP contribution < -0.4 is 0 Å². The quantitative estimate of drug-likeness (QED) is 0.615. The zero-order valence-corrected chi connectivity index (χ0v) is 8.88. The minimum atomic E-state index is -0.748. The van der Waals surface area contributed by atoms with Gasteiger partial charge in [0.15, 0.2) is 0 Å². The van der Waals surface area contributed by atoms with Crippen LogP contribution in [0.3, 0.4) is 0 Å². The molecule has 0 aromatic carbocycles. The molecule has 0 saturated heterocycles. The third kappa shape index (κ3) is 2.44. The number of rotatable bonds is 1. The van der Waals surface area contributed by atoms with Gasteiger partial charge >= 0.3 is 0 Å². The van der Waals surface area contributed by atoms with Crippen molar-refractivity contribution in [1.82, 2.24) is 0 Å². The average Bonchev–Trinajstić information content (AvgIpc) is 2.04. The van der Waals surface area contributed by atoms with Gasteiger partial charge in [0.1, 0.15) is 5.60 Å². The molecule has 13 heavy (non-hydrogen) atoms. The van der Waals surface area contributed by atoms with E-state index in [0.717, 1.165) is 12.8 Å². The molecule has 1 aliphatic carbocycles. The van der Waals surface area contributed by atoms with E-state index < -0.39 is 5.60 Å². The predicted octanol–water partition coefficient (Wildman–Crippen LogP) is 2.92. The number of allylic oxidation sites excluding steroid dienone is 1. The van der Waals surface area contributed by atoms with Crippen molar-refractivity contribution >= 4 is 0 Å². The molecular weight excluding hydrogens is 160 g/mol. The lowest BCUT2D eigenvalue weighted by molar-refractivity contribution is 0.104. The first-order valence-corrected chi connectivity index (χ1v) is 4.93. The highest BCUT2D eigenvalue weighted by atomic mass is 16.3. The largest absolute Gasteiger partial charge is 0.382 e. The van der Waals surface area contributed by atoms with Crippen LogP contribution in [0.4, 0.5) is 0 Å². The Balaban J connectivity index is 2.73. The molecule has 1 heteroatoms. The van der Waals surface area contributed by atoms with Crippen LogP contribution in [0.5, 0.6) is 0 Å². The molecule has 0 spiro atoms. The second kappa shape index (κ2) is 3.30. The third-order valence-electron chi connectivity index (χ3n) is 2.94. The molecule has 0 radical (unpaired) electrons. The first kappa shape index (κ1) is 10.5. The van der Waals surface area contributed by atoms with Gasteiger partial charge in [-0.3, -0.25) is 0 Å². The molecule has 1 aliphatic rings. The fourth-order valence-electron chi connectivity index (χ4n) is 1.74. The highest BCUT2D eigenvalue weighted by Gasteiger charge is 2.30. The van der Waals surface area contributed by atoms with E-state index in [9.17, 15) is 5.11 Å². The Kier molecular flexibility index (Phi) is 2.67. The standard InChI is InChI=1S/C12H20O/c1-5-12(13)8-6-10(7-9-12)11(2,3)4/h5-6,8,10,13H,1,7,9H2,2-4H3. The highest BCUT2D eigenvalue weighted by molar-refractivity contribution is 5.16. The van der Waals surface area contributed by atoms with E-state index in [4.69, 9.17) is 0 Å². The maximum atomic E-state index is 9.86. The molecule has 1 N–H and O–H groups in total. The van der Waals surface area contributed by atoms with Crippen LogP contribution in [0, 0.1) is 11.3 Å². The Morgan fingerprint density at radius 1 is 1.54 bits per heavy atom. The first-order valence-electron chi connectivity index (χ1n) is 4.93. The van der Waals surface area contributed by atoms with Gasteiger partial charge in [-0.15, -0.1) is 0 Å². The van der Waals surface area contributed by atoms with Crippen molar-refractivity contribution in [2.45, 2.75) is 39.2 Å². The summed E-state index contributed by atoms with van der Waals surface area (Å²) in [6, 6.07) is 0. The van der Waals surface area contributed by atoms with Gasteiger partial charge in [0.25, 0.3) is 0 Å². The van der Waals surface area contributed by atoms with Crippen molar-refractivity contribution in [2.75, 3.05) is 0 Å². The minimum absolute atomic E-state index is 0.305. The van der Waals surface area contributed by atoms with Crippen molar-refractivity contribution < 1.29 is 5.11 Å². The molecule has 0 aliphatic heterocycles. The van der Waals surface area contributed by atoms with Crippen LogP contribution in [0.25, 0.3) is 0 Å². The number of hydrogen-bond acceptors (Lipinski definition) is 1. The number of hydrogen-bond donors (Lipinski definition) is 1. The van der Waals surface area contributed by atoms with E-state index in [1.54, 1.807) is 6.08 Å². The zero-order chi connectivity index (χ0) is 10.1. The summed E-state index contributed by atoms with van der Waals surface area (Å²) in [6.45, 7) is 10.4. The van der Waals surface area contributed by atoms with Crippen molar-refractivity contribution in [3.8, 4) is 0 Å². The summed E-state index contributed by atoms with van der Waals surface area (Å²) in [5, 5.41) is 9.86. The first-order chi connectivity index (χ1) is 5.87. The lowest BCUT2D eigenvalue weighted by Gasteiger charge is -2.35. The molecule has 2 unspecified atom stereocenters. The molecule has 2 atom stereocenters. The van der Waals surface area contributed by atoms with E-state index in [0.29, 0.717) is 11.3 Å². The minimum Gasteiger partial charge on any atom is -0.382 e. The van der Waals surface area contributed by atoms with E-state index in [1.807, 2.05) is 6.08 Å². The van der Waals surface area contributed by atoms with Crippen molar-refractivity contribution in [2.24, 2.45) is 11.3 Å². The summed E-state index contributed by atoms with van der Waals surface area (Å²) in [6.07, 6.45) is 7.49. The van der Waals surface area contributed by atoms with Crippen molar-refractivity contribution in [3.05, 3.63) is 24.8 Å². The maximum Gasteiger partial charge on any atom is 0.101 e. The van der Waals surface area contributed by atoms with Crippen molar-refractivity contribution in [1.29, 1.82) is 0 Å². The van der Waals surface area contributed by atoms with E-state index in [-0.39, 0.29) is 0 Å². The van der Waals surface area contributed by atoms with Crippen LogP contribution in [-0.4, -0.2) is 10.7 Å². The normalized spacial score (nSPS) is 34.6. The van der Waals surface area contributed by atoms with Crippen LogP contribution >= 0.6 is 0 Å². The lowest BCUT2D eigenvalue weighted by atomic mass is 9.72. The molecule has 0 heterocycles. The highest BCUT2D eigenvalue weighted by Crippen LogP contribution is 2.37. The molecule has 0 bridgehead atoms. The smallest absolute Gasteiger partial charge is 0.101 e. The Morgan fingerprint density at radius 3 is 2.46 bits per heavy atom. The molecule has 0 saturated carbocycles. The van der Waals surface area contributed by atoms with Gasteiger partial charge in [-0.2, -0.15) is 0 Å². The average molecular weight is 180 g/mol. The topological polar surface area (TPSA) is 20.2 Å². The van der Waals surface area contributed by atoms with E-state index in [1.165, 1.54) is 0 Å². The number of aliphatic hydroxyl groups is 1. The molecule has 0 amide bonds. The van der Waals surface area contributed by atoms with Crippen LogP contribution in [0.15, 0.2) is 24.8 Å².